The van der Waals surface area contributed by atoms with E-state index in [1.807, 2.05) is 43.2 Å². The lowest BCUT2D eigenvalue weighted by molar-refractivity contribution is 0.412. The van der Waals surface area contributed by atoms with Crippen molar-refractivity contribution >= 4 is 5.69 Å². The van der Waals surface area contributed by atoms with Crippen LogP contribution in [0.4, 0.5) is 5.69 Å². The zero-order valence-corrected chi connectivity index (χ0v) is 11.3. The third-order valence-corrected chi connectivity index (χ3v) is 3.00. The van der Waals surface area contributed by atoms with Gasteiger partial charge in [-0.15, -0.1) is 0 Å². The summed E-state index contributed by atoms with van der Waals surface area (Å²) in [4.78, 5) is 0. The van der Waals surface area contributed by atoms with Gasteiger partial charge in [-0.2, -0.15) is 5.10 Å². The van der Waals surface area contributed by atoms with Crippen LogP contribution in [0.2, 0.25) is 0 Å². The molecule has 18 heavy (non-hydrogen) atoms. The first kappa shape index (κ1) is 12.5. The first-order chi connectivity index (χ1) is 8.60. The first-order valence-electron chi connectivity index (χ1n) is 6.00. The Kier molecular flexibility index (Phi) is 3.55. The molecule has 1 aromatic heterocycles. The summed E-state index contributed by atoms with van der Waals surface area (Å²) >= 11 is 0. The summed E-state index contributed by atoms with van der Waals surface area (Å²) in [5.41, 5.74) is 3.39. The molecule has 4 nitrogen and oxygen atoms in total. The van der Waals surface area contributed by atoms with Gasteiger partial charge < -0.3 is 10.1 Å². The van der Waals surface area contributed by atoms with Crippen LogP contribution in [0.1, 0.15) is 24.1 Å². The third kappa shape index (κ3) is 2.64. The summed E-state index contributed by atoms with van der Waals surface area (Å²) in [6.07, 6.45) is 3.90. The molecule has 1 unspecified atom stereocenters. The predicted molar refractivity (Wildman–Crippen MR) is 73.0 cm³/mol. The minimum Gasteiger partial charge on any atom is -0.496 e. The molecule has 1 atom stereocenters. The molecule has 2 aromatic rings. The van der Waals surface area contributed by atoms with Crippen molar-refractivity contribution in [3.05, 3.63) is 41.7 Å². The van der Waals surface area contributed by atoms with Crippen molar-refractivity contribution in [3.8, 4) is 5.75 Å². The van der Waals surface area contributed by atoms with Gasteiger partial charge in [-0.05, 0) is 37.6 Å². The molecule has 0 aliphatic rings. The molecule has 1 aromatic carbocycles. The van der Waals surface area contributed by atoms with E-state index in [0.717, 1.165) is 17.0 Å². The summed E-state index contributed by atoms with van der Waals surface area (Å²) in [7, 11) is 3.61. The number of nitrogens with one attached hydrogen (secondary N) is 1. The van der Waals surface area contributed by atoms with Crippen LogP contribution in [0.25, 0.3) is 0 Å². The molecule has 0 saturated heterocycles. The predicted octanol–water partition coefficient (Wildman–Crippen LogP) is 2.91. The highest BCUT2D eigenvalue weighted by Gasteiger charge is 2.08. The normalized spacial score (nSPS) is 12.2. The second-order valence-corrected chi connectivity index (χ2v) is 4.50. The molecule has 0 amide bonds. The number of benzene rings is 1. The largest absolute Gasteiger partial charge is 0.496 e. The van der Waals surface area contributed by atoms with E-state index in [-0.39, 0.29) is 6.04 Å². The highest BCUT2D eigenvalue weighted by molar-refractivity contribution is 5.51. The topological polar surface area (TPSA) is 39.1 Å². The number of methoxy groups -OCH3 is 1. The van der Waals surface area contributed by atoms with Gasteiger partial charge in [0.15, 0.2) is 0 Å². The van der Waals surface area contributed by atoms with Crippen LogP contribution in [-0.2, 0) is 7.05 Å². The lowest BCUT2D eigenvalue weighted by Gasteiger charge is -2.15. The van der Waals surface area contributed by atoms with Crippen LogP contribution in [-0.4, -0.2) is 16.9 Å². The Morgan fingerprint density at radius 2 is 2.17 bits per heavy atom. The molecule has 1 heterocycles. The number of ether oxygens (including phenoxy) is 1. The van der Waals surface area contributed by atoms with E-state index in [1.54, 1.807) is 7.11 Å². The summed E-state index contributed by atoms with van der Waals surface area (Å²) < 4.78 is 7.06. The van der Waals surface area contributed by atoms with E-state index in [4.69, 9.17) is 4.74 Å². The minimum atomic E-state index is 0.228. The molecule has 4 heteroatoms. The van der Waals surface area contributed by atoms with E-state index in [1.165, 1.54) is 5.56 Å². The van der Waals surface area contributed by atoms with Crippen molar-refractivity contribution in [1.82, 2.24) is 9.78 Å². The lowest BCUT2D eigenvalue weighted by Crippen LogP contribution is -2.06. The second kappa shape index (κ2) is 5.12. The maximum absolute atomic E-state index is 5.25. The third-order valence-electron chi connectivity index (χ3n) is 3.00. The van der Waals surface area contributed by atoms with Crippen molar-refractivity contribution in [2.24, 2.45) is 7.05 Å². The molecular weight excluding hydrogens is 226 g/mol. The Morgan fingerprint density at radius 1 is 1.39 bits per heavy atom. The number of nitrogens with zero attached hydrogens (tertiary/aromatic N) is 2. The molecular formula is C14H19N3O. The Morgan fingerprint density at radius 3 is 2.72 bits per heavy atom. The Hall–Kier alpha value is -1.97. The van der Waals surface area contributed by atoms with Crippen molar-refractivity contribution in [3.63, 3.8) is 0 Å². The molecule has 0 radical (unpaired) electrons. The molecule has 0 aliphatic heterocycles. The van der Waals surface area contributed by atoms with Crippen molar-refractivity contribution in [1.29, 1.82) is 0 Å². The van der Waals surface area contributed by atoms with Gasteiger partial charge in [0.05, 0.1) is 19.3 Å². The Labute approximate surface area is 108 Å². The average Bonchev–Trinajstić information content (AvgIpc) is 2.76. The average molecular weight is 245 g/mol. The zero-order valence-electron chi connectivity index (χ0n) is 11.3. The zero-order chi connectivity index (χ0) is 13.1. The molecule has 0 saturated carbocycles. The number of hydrogen-bond acceptors (Lipinski definition) is 3. The summed E-state index contributed by atoms with van der Waals surface area (Å²) in [5.74, 6) is 0.912. The molecule has 0 aliphatic carbocycles. The van der Waals surface area contributed by atoms with Crippen molar-refractivity contribution in [2.45, 2.75) is 19.9 Å². The maximum Gasteiger partial charge on any atom is 0.121 e. The number of rotatable bonds is 4. The molecule has 1 N–H and O–H groups in total. The number of aryl methyl sites for hydroxylation is 2. The van der Waals surface area contributed by atoms with Crippen LogP contribution in [0, 0.1) is 6.92 Å². The van der Waals surface area contributed by atoms with Crippen LogP contribution >= 0.6 is 0 Å². The van der Waals surface area contributed by atoms with Crippen LogP contribution in [0.5, 0.6) is 5.75 Å². The van der Waals surface area contributed by atoms with Gasteiger partial charge in [-0.3, -0.25) is 4.68 Å². The van der Waals surface area contributed by atoms with E-state index < -0.39 is 0 Å². The van der Waals surface area contributed by atoms with Crippen LogP contribution < -0.4 is 10.1 Å². The number of aromatic nitrogens is 2. The fourth-order valence-corrected chi connectivity index (χ4v) is 1.97. The van der Waals surface area contributed by atoms with Gasteiger partial charge in [-0.1, -0.05) is 0 Å². The summed E-state index contributed by atoms with van der Waals surface area (Å²) in [6.45, 7) is 4.16. The van der Waals surface area contributed by atoms with E-state index in [0.29, 0.717) is 0 Å². The first-order valence-corrected chi connectivity index (χ1v) is 6.00. The molecule has 0 spiro atoms. The summed E-state index contributed by atoms with van der Waals surface area (Å²) in [5, 5.41) is 7.64. The lowest BCUT2D eigenvalue weighted by atomic mass is 10.1. The SMILES string of the molecule is COc1ccc(NC(C)c2cnn(C)c2)cc1C. The van der Waals surface area contributed by atoms with E-state index in [2.05, 4.69) is 23.4 Å². The number of anilines is 1. The highest BCUT2D eigenvalue weighted by atomic mass is 16.5. The maximum atomic E-state index is 5.25. The standard InChI is InChI=1S/C14H19N3O/c1-10-7-13(5-6-14(10)18-4)16-11(2)12-8-15-17(3)9-12/h5-9,11,16H,1-4H3. The molecule has 0 fully saturated rings. The smallest absolute Gasteiger partial charge is 0.121 e. The van der Waals surface area contributed by atoms with Crippen molar-refractivity contribution < 1.29 is 4.74 Å². The molecule has 2 rings (SSSR count). The van der Waals surface area contributed by atoms with Gasteiger partial charge in [0.25, 0.3) is 0 Å². The Balaban J connectivity index is 2.12. The molecule has 96 valence electrons. The van der Waals surface area contributed by atoms with Gasteiger partial charge in [-0.25, -0.2) is 0 Å². The van der Waals surface area contributed by atoms with Gasteiger partial charge in [0.1, 0.15) is 5.75 Å². The van der Waals surface area contributed by atoms with Gasteiger partial charge in [0.2, 0.25) is 0 Å². The Bertz CT molecular complexity index is 534. The minimum absolute atomic E-state index is 0.228. The van der Waals surface area contributed by atoms with Gasteiger partial charge >= 0.3 is 0 Å². The van der Waals surface area contributed by atoms with E-state index >= 15 is 0 Å². The fourth-order valence-electron chi connectivity index (χ4n) is 1.97. The fraction of sp³-hybridized carbons (Fsp3) is 0.357. The quantitative estimate of drug-likeness (QED) is 0.900. The summed E-state index contributed by atoms with van der Waals surface area (Å²) in [6, 6.07) is 6.32. The number of hydrogen-bond donors (Lipinski definition) is 1. The highest BCUT2D eigenvalue weighted by Crippen LogP contribution is 2.24. The van der Waals surface area contributed by atoms with E-state index in [9.17, 15) is 0 Å². The van der Waals surface area contributed by atoms with Crippen LogP contribution in [0.3, 0.4) is 0 Å². The monoisotopic (exact) mass is 245 g/mol. The van der Waals surface area contributed by atoms with Crippen LogP contribution in [0.15, 0.2) is 30.6 Å². The molecule has 0 bridgehead atoms. The van der Waals surface area contributed by atoms with Gasteiger partial charge in [0, 0.05) is 24.5 Å². The second-order valence-electron chi connectivity index (χ2n) is 4.50. The van der Waals surface area contributed by atoms with Crippen molar-refractivity contribution in [2.75, 3.05) is 12.4 Å².